The van der Waals surface area contributed by atoms with E-state index in [1.165, 1.54) is 0 Å². The van der Waals surface area contributed by atoms with Crippen LogP contribution in [-0.2, 0) is 28.9 Å². The minimum atomic E-state index is -4.65. The molecule has 0 aliphatic heterocycles. The van der Waals surface area contributed by atoms with Gasteiger partial charge < -0.3 is 0 Å². The first-order chi connectivity index (χ1) is 13.3. The maximum absolute atomic E-state index is 13.1. The molecule has 0 aliphatic carbocycles. The monoisotopic (exact) mass is 437 g/mol. The summed E-state index contributed by atoms with van der Waals surface area (Å²) in [5, 5.41) is 0. The molecule has 0 spiro atoms. The van der Waals surface area contributed by atoms with Crippen LogP contribution in [0.15, 0.2) is 42.6 Å². The zero-order valence-corrected chi connectivity index (χ0v) is 15.5. The summed E-state index contributed by atoms with van der Waals surface area (Å²) in [6, 6.07) is 5.70. The maximum atomic E-state index is 13.1. The third-order valence-corrected chi connectivity index (χ3v) is 4.68. The van der Waals surface area contributed by atoms with E-state index in [0.29, 0.717) is 0 Å². The zero-order valence-electron chi connectivity index (χ0n) is 14.6. The first kappa shape index (κ1) is 21.1. The topological polar surface area (TPSA) is 63.5 Å². The minimum absolute atomic E-state index is 0.0508. The number of nitrogens with zero attached hydrogens (tertiary/aromatic N) is 2. The van der Waals surface area contributed by atoms with Crippen LogP contribution in [0.3, 0.4) is 0 Å². The molecule has 3 aromatic rings. The summed E-state index contributed by atoms with van der Waals surface area (Å²) in [4.78, 5) is 4.17. The number of imidazole rings is 1. The van der Waals surface area contributed by atoms with Crippen molar-refractivity contribution in [3.05, 3.63) is 59.4 Å². The van der Waals surface area contributed by atoms with Gasteiger partial charge in [-0.2, -0.15) is 26.3 Å². The number of fused-ring (bicyclic) bond motifs is 1. The van der Waals surface area contributed by atoms with Crippen molar-refractivity contribution in [3.63, 3.8) is 0 Å². The molecule has 1 N–H and O–H groups in total. The number of aromatic nitrogens is 2. The number of sulfonamides is 1. The molecule has 0 fully saturated rings. The Morgan fingerprint density at radius 2 is 1.48 bits per heavy atom. The van der Waals surface area contributed by atoms with E-state index in [1.807, 2.05) is 0 Å². The highest BCUT2D eigenvalue weighted by atomic mass is 32.2. The Kier molecular flexibility index (Phi) is 5.11. The Morgan fingerprint density at radius 3 is 2.00 bits per heavy atom. The van der Waals surface area contributed by atoms with Crippen molar-refractivity contribution in [3.8, 4) is 11.4 Å². The summed E-state index contributed by atoms with van der Waals surface area (Å²) < 4.78 is 104. The van der Waals surface area contributed by atoms with Crippen LogP contribution in [-0.4, -0.2) is 24.1 Å². The molecule has 0 aliphatic rings. The molecule has 29 heavy (non-hydrogen) atoms. The predicted octanol–water partition coefficient (Wildman–Crippen LogP) is 4.09. The fourth-order valence-corrected chi connectivity index (χ4v) is 3.06. The normalized spacial score (nSPS) is 13.2. The quantitative estimate of drug-likeness (QED) is 0.626. The fraction of sp³-hybridized carbons (Fsp3) is 0.235. The molecule has 0 bridgehead atoms. The highest BCUT2D eigenvalue weighted by molar-refractivity contribution is 7.88. The van der Waals surface area contributed by atoms with Crippen LogP contribution < -0.4 is 4.72 Å². The summed E-state index contributed by atoms with van der Waals surface area (Å²) in [7, 11) is -3.60. The number of hydrogen-bond acceptors (Lipinski definition) is 3. The predicted molar refractivity (Wildman–Crippen MR) is 92.3 cm³/mol. The molecule has 0 unspecified atom stereocenters. The standard InChI is InChI=1S/C17H13F6N3O2S/c1-29(27,28)24-8-13-14-7-6-12(17(21,22)23)9-26(14)15(25-13)10-2-4-11(5-3-10)16(18,19)20/h2-7,9,24H,8H2,1H3. The molecule has 2 aromatic heterocycles. The first-order valence-corrected chi connectivity index (χ1v) is 9.85. The van der Waals surface area contributed by atoms with E-state index in [1.54, 1.807) is 0 Å². The molecule has 0 amide bonds. The number of halogens is 6. The number of benzene rings is 1. The van der Waals surface area contributed by atoms with E-state index in [0.717, 1.165) is 53.3 Å². The summed E-state index contributed by atoms with van der Waals surface area (Å²) in [6.07, 6.45) is -7.55. The molecule has 0 atom stereocenters. The van der Waals surface area contributed by atoms with Gasteiger partial charge in [0, 0.05) is 11.8 Å². The van der Waals surface area contributed by atoms with Crippen molar-refractivity contribution in [2.45, 2.75) is 18.9 Å². The van der Waals surface area contributed by atoms with Gasteiger partial charge in [0.05, 0.1) is 35.1 Å². The summed E-state index contributed by atoms with van der Waals surface area (Å²) in [5.74, 6) is -0.0508. The second-order valence-electron chi connectivity index (χ2n) is 6.22. The van der Waals surface area contributed by atoms with Gasteiger partial charge in [-0.15, -0.1) is 0 Å². The molecular formula is C17H13F6N3O2S. The lowest BCUT2D eigenvalue weighted by Gasteiger charge is -2.09. The van der Waals surface area contributed by atoms with Crippen molar-refractivity contribution in [1.29, 1.82) is 0 Å². The van der Waals surface area contributed by atoms with Crippen LogP contribution in [0, 0.1) is 0 Å². The first-order valence-electron chi connectivity index (χ1n) is 7.96. The van der Waals surface area contributed by atoms with Crippen LogP contribution in [0.2, 0.25) is 0 Å². The molecule has 0 saturated carbocycles. The van der Waals surface area contributed by atoms with Crippen molar-refractivity contribution in [2.24, 2.45) is 0 Å². The van der Waals surface area contributed by atoms with Crippen molar-refractivity contribution in [2.75, 3.05) is 6.26 Å². The van der Waals surface area contributed by atoms with Gasteiger partial charge in [0.15, 0.2) is 0 Å². The number of rotatable bonds is 4. The highest BCUT2D eigenvalue weighted by Crippen LogP contribution is 2.33. The molecule has 0 saturated heterocycles. The zero-order chi connectivity index (χ0) is 21.6. The number of alkyl halides is 6. The SMILES string of the molecule is CS(=O)(=O)NCc1nc(-c2ccc(C(F)(F)F)cc2)n2cc(C(F)(F)F)ccc12. The Bertz CT molecular complexity index is 1150. The largest absolute Gasteiger partial charge is 0.417 e. The summed E-state index contributed by atoms with van der Waals surface area (Å²) >= 11 is 0. The van der Waals surface area contributed by atoms with Crippen LogP contribution in [0.5, 0.6) is 0 Å². The van der Waals surface area contributed by atoms with E-state index in [9.17, 15) is 34.8 Å². The van der Waals surface area contributed by atoms with Crippen molar-refractivity contribution < 1.29 is 34.8 Å². The van der Waals surface area contributed by atoms with E-state index in [4.69, 9.17) is 0 Å². The van der Waals surface area contributed by atoms with Gasteiger partial charge >= 0.3 is 12.4 Å². The van der Waals surface area contributed by atoms with Gasteiger partial charge in [-0.1, -0.05) is 12.1 Å². The smallest absolute Gasteiger partial charge is 0.299 e. The second-order valence-corrected chi connectivity index (χ2v) is 8.05. The van der Waals surface area contributed by atoms with Crippen molar-refractivity contribution in [1.82, 2.24) is 14.1 Å². The third kappa shape index (κ3) is 4.70. The summed E-state index contributed by atoms with van der Waals surface area (Å²) in [6.45, 7) is -0.297. The molecule has 156 valence electrons. The van der Waals surface area contributed by atoms with Crippen LogP contribution >= 0.6 is 0 Å². The molecule has 3 rings (SSSR count). The van der Waals surface area contributed by atoms with E-state index in [2.05, 4.69) is 9.71 Å². The average molecular weight is 437 g/mol. The van der Waals surface area contributed by atoms with E-state index in [-0.39, 0.29) is 29.1 Å². The summed E-state index contributed by atoms with van der Waals surface area (Å²) in [5.41, 5.74) is -1.46. The van der Waals surface area contributed by atoms with E-state index >= 15 is 0 Å². The maximum Gasteiger partial charge on any atom is 0.417 e. The van der Waals surface area contributed by atoms with Crippen LogP contribution in [0.4, 0.5) is 26.3 Å². The molecule has 0 radical (unpaired) electrons. The highest BCUT2D eigenvalue weighted by Gasteiger charge is 2.32. The Hall–Kier alpha value is -2.60. The van der Waals surface area contributed by atoms with Gasteiger partial charge in [-0.3, -0.25) is 4.40 Å². The molecule has 5 nitrogen and oxygen atoms in total. The number of pyridine rings is 1. The minimum Gasteiger partial charge on any atom is -0.299 e. The van der Waals surface area contributed by atoms with Gasteiger partial charge in [0.1, 0.15) is 5.82 Å². The lowest BCUT2D eigenvalue weighted by molar-refractivity contribution is -0.138. The third-order valence-electron chi connectivity index (χ3n) is 4.01. The molecule has 1 aromatic carbocycles. The van der Waals surface area contributed by atoms with Crippen LogP contribution in [0.1, 0.15) is 16.8 Å². The van der Waals surface area contributed by atoms with Crippen molar-refractivity contribution >= 4 is 15.5 Å². The fourth-order valence-electron chi connectivity index (χ4n) is 2.66. The van der Waals surface area contributed by atoms with E-state index < -0.39 is 33.5 Å². The van der Waals surface area contributed by atoms with Crippen LogP contribution in [0.25, 0.3) is 16.9 Å². The molecule has 2 heterocycles. The lowest BCUT2D eigenvalue weighted by atomic mass is 10.1. The number of hydrogen-bond donors (Lipinski definition) is 1. The lowest BCUT2D eigenvalue weighted by Crippen LogP contribution is -2.21. The number of nitrogens with one attached hydrogen (secondary N) is 1. The van der Waals surface area contributed by atoms with Gasteiger partial charge in [-0.05, 0) is 24.3 Å². The molecular weight excluding hydrogens is 424 g/mol. The van der Waals surface area contributed by atoms with Gasteiger partial charge in [0.25, 0.3) is 0 Å². The Morgan fingerprint density at radius 1 is 0.931 bits per heavy atom. The Balaban J connectivity index is 2.16. The Labute approximate surface area is 161 Å². The average Bonchev–Trinajstić information content (AvgIpc) is 2.96. The van der Waals surface area contributed by atoms with Gasteiger partial charge in [-0.25, -0.2) is 18.1 Å². The van der Waals surface area contributed by atoms with Gasteiger partial charge in [0.2, 0.25) is 10.0 Å². The molecule has 12 heteroatoms. The second kappa shape index (κ2) is 7.02.